The largest absolute Gasteiger partial charge is 0.491 e. The maximum atomic E-state index is 11.4. The Morgan fingerprint density at radius 2 is 1.96 bits per heavy atom. The van der Waals surface area contributed by atoms with E-state index in [1.165, 1.54) is 11.8 Å². The summed E-state index contributed by atoms with van der Waals surface area (Å²) >= 11 is 1.22. The van der Waals surface area contributed by atoms with Crippen molar-refractivity contribution in [2.75, 3.05) is 11.5 Å². The van der Waals surface area contributed by atoms with Gasteiger partial charge in [-0.2, -0.15) is 0 Å². The molecule has 1 aromatic rings. The van der Waals surface area contributed by atoms with Crippen LogP contribution in [-0.2, 0) is 14.1 Å². The van der Waals surface area contributed by atoms with Gasteiger partial charge in [0.2, 0.25) is 0 Å². The van der Waals surface area contributed by atoms with Gasteiger partial charge < -0.3 is 15.0 Å². The number of nitrogens with two attached hydrogens (primary N) is 1. The molecule has 0 atom stereocenters. The first kappa shape index (κ1) is 18.0. The monoisotopic (exact) mass is 334 g/mol. The van der Waals surface area contributed by atoms with E-state index in [9.17, 15) is 4.79 Å². The first-order chi connectivity index (χ1) is 10.6. The molecular weight excluding hydrogens is 311 g/mol. The summed E-state index contributed by atoms with van der Waals surface area (Å²) in [5.74, 6) is 0.926. The zero-order valence-electron chi connectivity index (χ0n) is 14.3. The molecule has 0 unspecified atom stereocenters. The summed E-state index contributed by atoms with van der Waals surface area (Å²) in [5, 5.41) is 0.0478. The van der Waals surface area contributed by atoms with Crippen LogP contribution in [0.3, 0.4) is 0 Å². The summed E-state index contributed by atoms with van der Waals surface area (Å²) in [6.07, 6.45) is 3.55. The number of thioether (sulfide) groups is 1. The van der Waals surface area contributed by atoms with Crippen molar-refractivity contribution in [2.45, 2.75) is 45.8 Å². The molecule has 2 heterocycles. The number of hydrogen-bond acceptors (Lipinski definition) is 6. The molecule has 7 heteroatoms. The lowest BCUT2D eigenvalue weighted by atomic mass is 9.78. The van der Waals surface area contributed by atoms with Crippen LogP contribution in [0.1, 0.15) is 40.2 Å². The van der Waals surface area contributed by atoms with Crippen LogP contribution in [-0.4, -0.2) is 34.2 Å². The Balaban J connectivity index is 2.32. The third kappa shape index (κ3) is 4.16. The maximum absolute atomic E-state index is 11.4. The molecule has 1 saturated heterocycles. The lowest BCUT2D eigenvalue weighted by Gasteiger charge is -2.32. The minimum atomic E-state index is -0.508. The van der Waals surface area contributed by atoms with Crippen LogP contribution in [0.2, 0.25) is 0 Å². The van der Waals surface area contributed by atoms with Gasteiger partial charge in [-0.25, -0.2) is 4.98 Å². The third-order valence-corrected chi connectivity index (χ3v) is 5.09. The van der Waals surface area contributed by atoms with Crippen molar-refractivity contribution in [2.24, 2.45) is 0 Å². The molecule has 1 fully saturated rings. The fourth-order valence-electron chi connectivity index (χ4n) is 2.11. The lowest BCUT2D eigenvalue weighted by Crippen LogP contribution is -2.41. The quantitative estimate of drug-likeness (QED) is 0.854. The highest BCUT2D eigenvalue weighted by atomic mass is 32.2. The van der Waals surface area contributed by atoms with Crippen molar-refractivity contribution in [1.29, 1.82) is 0 Å². The fourth-order valence-corrected chi connectivity index (χ4v) is 2.70. The number of hydrogen-bond donors (Lipinski definition) is 1. The second kappa shape index (κ2) is 6.67. The molecule has 1 aromatic heterocycles. The molecule has 23 heavy (non-hydrogen) atoms. The highest BCUT2D eigenvalue weighted by Gasteiger charge is 2.52. The van der Waals surface area contributed by atoms with Gasteiger partial charge in [-0.05, 0) is 45.3 Å². The van der Waals surface area contributed by atoms with Crippen molar-refractivity contribution >= 4 is 35.9 Å². The Bertz CT molecular complexity index is 616. The standard InChI is InChI=1S/C16H23BN2O3S/c1-11(20)23-10-13(9-12-7-6-8-19-14(12)18)17-21-15(2,3)16(4,5)22-17/h6-9H,10H2,1-5H3,(H2,18,19). The van der Waals surface area contributed by atoms with Crippen molar-refractivity contribution in [1.82, 2.24) is 4.98 Å². The highest BCUT2D eigenvalue weighted by Crippen LogP contribution is 2.39. The number of anilines is 1. The lowest BCUT2D eigenvalue weighted by molar-refractivity contribution is -0.109. The van der Waals surface area contributed by atoms with Crippen LogP contribution < -0.4 is 5.73 Å². The van der Waals surface area contributed by atoms with Crippen LogP contribution in [0, 0.1) is 0 Å². The molecule has 0 bridgehead atoms. The molecule has 0 spiro atoms. The predicted molar refractivity (Wildman–Crippen MR) is 95.8 cm³/mol. The van der Waals surface area contributed by atoms with E-state index in [4.69, 9.17) is 15.0 Å². The number of carbonyl (C=O) groups is 1. The summed E-state index contributed by atoms with van der Waals surface area (Å²) in [7, 11) is -0.508. The normalized spacial score (nSPS) is 19.9. The molecule has 2 N–H and O–H groups in total. The Hall–Kier alpha value is -1.31. The van der Waals surface area contributed by atoms with Crippen LogP contribution in [0.4, 0.5) is 5.82 Å². The molecule has 1 aliphatic rings. The van der Waals surface area contributed by atoms with E-state index >= 15 is 0 Å². The Morgan fingerprint density at radius 1 is 1.35 bits per heavy atom. The SMILES string of the molecule is CC(=O)SCC(=Cc1cccnc1N)B1OC(C)(C)C(C)(C)O1. The van der Waals surface area contributed by atoms with Crippen molar-refractivity contribution in [3.63, 3.8) is 0 Å². The third-order valence-electron chi connectivity index (χ3n) is 4.21. The molecule has 1 aliphatic heterocycles. The molecule has 124 valence electrons. The Labute approximate surface area is 142 Å². The van der Waals surface area contributed by atoms with Gasteiger partial charge in [0, 0.05) is 24.4 Å². The van der Waals surface area contributed by atoms with E-state index in [0.29, 0.717) is 11.6 Å². The molecule has 0 amide bonds. The van der Waals surface area contributed by atoms with Crippen LogP contribution in [0.5, 0.6) is 0 Å². The number of pyridine rings is 1. The van der Waals surface area contributed by atoms with Gasteiger partial charge in [0.15, 0.2) is 5.12 Å². The second-order valence-corrected chi connectivity index (χ2v) is 7.72. The van der Waals surface area contributed by atoms with E-state index in [1.54, 1.807) is 13.1 Å². The van der Waals surface area contributed by atoms with Crippen molar-refractivity contribution < 1.29 is 14.1 Å². The van der Waals surface area contributed by atoms with E-state index < -0.39 is 18.3 Å². The summed E-state index contributed by atoms with van der Waals surface area (Å²) in [4.78, 5) is 15.4. The molecule has 0 aromatic carbocycles. The molecule has 2 rings (SSSR count). The van der Waals surface area contributed by atoms with E-state index in [0.717, 1.165) is 11.0 Å². The van der Waals surface area contributed by atoms with Crippen LogP contribution in [0.25, 0.3) is 6.08 Å². The minimum absolute atomic E-state index is 0.0478. The average Bonchev–Trinajstić information content (AvgIpc) is 2.65. The Kier molecular flexibility index (Phi) is 5.23. The van der Waals surface area contributed by atoms with Gasteiger partial charge in [-0.15, -0.1) is 0 Å². The zero-order valence-corrected chi connectivity index (χ0v) is 15.1. The molecule has 0 aliphatic carbocycles. The number of nitrogens with zero attached hydrogens (tertiary/aromatic N) is 1. The summed E-state index contributed by atoms with van der Waals surface area (Å²) < 4.78 is 12.2. The average molecular weight is 334 g/mol. The smallest absolute Gasteiger partial charge is 0.400 e. The van der Waals surface area contributed by atoms with Gasteiger partial charge in [-0.1, -0.05) is 17.8 Å². The van der Waals surface area contributed by atoms with Gasteiger partial charge in [0.1, 0.15) is 5.82 Å². The summed E-state index contributed by atoms with van der Waals surface area (Å²) in [5.41, 5.74) is 6.71. The predicted octanol–water partition coefficient (Wildman–Crippen LogP) is 2.96. The molecule has 5 nitrogen and oxygen atoms in total. The topological polar surface area (TPSA) is 74.4 Å². The number of carbonyl (C=O) groups excluding carboxylic acids is 1. The fraction of sp³-hybridized carbons (Fsp3) is 0.500. The first-order valence-corrected chi connectivity index (χ1v) is 8.51. The number of aromatic nitrogens is 1. The second-order valence-electron chi connectivity index (χ2n) is 6.57. The first-order valence-electron chi connectivity index (χ1n) is 7.52. The van der Waals surface area contributed by atoms with E-state index in [2.05, 4.69) is 4.98 Å². The highest BCUT2D eigenvalue weighted by molar-refractivity contribution is 8.13. The van der Waals surface area contributed by atoms with E-state index in [-0.39, 0.29) is 5.12 Å². The molecule has 0 saturated carbocycles. The van der Waals surface area contributed by atoms with Gasteiger partial charge in [0.05, 0.1) is 11.2 Å². The zero-order chi connectivity index (χ0) is 17.3. The summed E-state index contributed by atoms with van der Waals surface area (Å²) in [6, 6.07) is 3.70. The summed E-state index contributed by atoms with van der Waals surface area (Å²) in [6.45, 7) is 9.55. The van der Waals surface area contributed by atoms with Crippen molar-refractivity contribution in [3.8, 4) is 0 Å². The molecule has 0 radical (unpaired) electrons. The molecular formula is C16H23BN2O3S. The van der Waals surface area contributed by atoms with Crippen molar-refractivity contribution in [3.05, 3.63) is 29.4 Å². The van der Waals surface area contributed by atoms with Gasteiger partial charge >= 0.3 is 7.12 Å². The van der Waals surface area contributed by atoms with E-state index in [1.807, 2.05) is 45.9 Å². The number of rotatable bonds is 4. The van der Waals surface area contributed by atoms with Gasteiger partial charge in [0.25, 0.3) is 0 Å². The van der Waals surface area contributed by atoms with Crippen LogP contribution >= 0.6 is 11.8 Å². The van der Waals surface area contributed by atoms with Gasteiger partial charge in [-0.3, -0.25) is 4.79 Å². The Morgan fingerprint density at radius 3 is 2.48 bits per heavy atom. The minimum Gasteiger partial charge on any atom is -0.400 e. The van der Waals surface area contributed by atoms with Crippen LogP contribution in [0.15, 0.2) is 23.8 Å². The maximum Gasteiger partial charge on any atom is 0.491 e. The number of nitrogen functional groups attached to an aromatic ring is 1.